The fraction of sp³-hybridized carbons (Fsp3) is 0.467. The van der Waals surface area contributed by atoms with Crippen LogP contribution in [0.3, 0.4) is 0 Å². The molecule has 2 radical (unpaired) electrons. The maximum absolute atomic E-state index is 14.8. The van der Waals surface area contributed by atoms with Crippen molar-refractivity contribution >= 4 is 31.0 Å². The van der Waals surface area contributed by atoms with E-state index < -0.39 is 11.6 Å². The normalized spacial score (nSPS) is 19.3. The second kappa shape index (κ2) is 12.4. The van der Waals surface area contributed by atoms with Gasteiger partial charge in [0, 0.05) is 28.6 Å². The number of benzene rings is 1. The van der Waals surface area contributed by atoms with Gasteiger partial charge in [-0.2, -0.15) is 0 Å². The van der Waals surface area contributed by atoms with Gasteiger partial charge in [-0.3, -0.25) is 4.79 Å². The first-order valence-corrected chi connectivity index (χ1v) is 13.7. The van der Waals surface area contributed by atoms with Crippen LogP contribution in [0.5, 0.6) is 0 Å². The van der Waals surface area contributed by atoms with Crippen molar-refractivity contribution < 1.29 is 23.8 Å². The van der Waals surface area contributed by atoms with Gasteiger partial charge in [-0.15, -0.1) is 0 Å². The zero-order valence-electron chi connectivity index (χ0n) is 24.3. The van der Waals surface area contributed by atoms with Crippen molar-refractivity contribution in [3.63, 3.8) is 0 Å². The van der Waals surface area contributed by atoms with Gasteiger partial charge in [-0.25, -0.2) is 14.2 Å². The highest BCUT2D eigenvalue weighted by atomic mass is 19.1. The Morgan fingerprint density at radius 3 is 2.50 bits per heavy atom. The predicted molar refractivity (Wildman–Crippen MR) is 154 cm³/mol. The second-order valence-electron chi connectivity index (χ2n) is 9.43. The van der Waals surface area contributed by atoms with Crippen molar-refractivity contribution in [2.45, 2.75) is 85.5 Å². The fourth-order valence-corrected chi connectivity index (χ4v) is 5.84. The number of esters is 1. The Bertz CT molecular complexity index is 1520. The van der Waals surface area contributed by atoms with E-state index in [1.54, 1.807) is 24.5 Å². The first kappa shape index (κ1) is 31.2. The van der Waals surface area contributed by atoms with Gasteiger partial charge in [-0.05, 0) is 62.9 Å². The quantitative estimate of drug-likeness (QED) is 0.219. The van der Waals surface area contributed by atoms with Crippen molar-refractivity contribution in [1.29, 1.82) is 0 Å². The molecule has 8 nitrogen and oxygen atoms in total. The Balaban J connectivity index is 0.000000581. The molecule has 2 aliphatic heterocycles. The van der Waals surface area contributed by atoms with Crippen LogP contribution in [0.25, 0.3) is 22.3 Å². The van der Waals surface area contributed by atoms with Crippen LogP contribution in [0.15, 0.2) is 16.9 Å². The Morgan fingerprint density at radius 2 is 1.90 bits per heavy atom. The molecule has 2 atom stereocenters. The van der Waals surface area contributed by atoms with Gasteiger partial charge in [0.2, 0.25) is 0 Å². The SMILES string of the molecule is CC.CC=O.CCC1(O)C(=O)OCc2c1cc1n(c2=O)Cc2c-1nc1cc(F)c(C)c3c1c2C(NC)CC3.[B]C. The van der Waals surface area contributed by atoms with Gasteiger partial charge >= 0.3 is 5.97 Å². The van der Waals surface area contributed by atoms with E-state index in [-0.39, 0.29) is 36.0 Å². The topological polar surface area (TPSA) is 111 Å². The van der Waals surface area contributed by atoms with E-state index in [9.17, 15) is 19.1 Å². The Morgan fingerprint density at radius 1 is 1.25 bits per heavy atom. The van der Waals surface area contributed by atoms with Crippen LogP contribution in [0.2, 0.25) is 6.82 Å². The van der Waals surface area contributed by atoms with E-state index in [0.29, 0.717) is 34.6 Å². The number of fused-ring (bicyclic) bond motifs is 5. The van der Waals surface area contributed by atoms with E-state index >= 15 is 0 Å². The van der Waals surface area contributed by atoms with Gasteiger partial charge in [0.1, 0.15) is 18.7 Å². The van der Waals surface area contributed by atoms with Crippen LogP contribution in [0.1, 0.15) is 80.0 Å². The molecule has 10 heteroatoms. The number of rotatable bonds is 2. The number of cyclic esters (lactones) is 1. The average molecular weight is 549 g/mol. The zero-order valence-corrected chi connectivity index (χ0v) is 24.3. The number of halogens is 1. The van der Waals surface area contributed by atoms with E-state index in [1.165, 1.54) is 19.8 Å². The first-order valence-electron chi connectivity index (χ1n) is 13.7. The first-order chi connectivity index (χ1) is 19.2. The summed E-state index contributed by atoms with van der Waals surface area (Å²) in [5.41, 5.74) is 3.71. The third-order valence-electron chi connectivity index (χ3n) is 7.73. The summed E-state index contributed by atoms with van der Waals surface area (Å²) in [7, 11) is 6.40. The summed E-state index contributed by atoms with van der Waals surface area (Å²) in [5, 5.41) is 15.4. The van der Waals surface area contributed by atoms with Crippen molar-refractivity contribution in [2.24, 2.45) is 0 Å². The molecule has 0 amide bonds. The molecule has 2 aromatic heterocycles. The van der Waals surface area contributed by atoms with Gasteiger partial charge in [0.05, 0.1) is 36.9 Å². The molecule has 4 heterocycles. The van der Waals surface area contributed by atoms with Crippen LogP contribution >= 0.6 is 0 Å². The monoisotopic (exact) mass is 549 g/mol. The molecule has 1 aliphatic carbocycles. The third-order valence-corrected chi connectivity index (χ3v) is 7.73. The molecule has 0 saturated heterocycles. The zero-order chi connectivity index (χ0) is 29.9. The van der Waals surface area contributed by atoms with Crippen LogP contribution in [0, 0.1) is 12.7 Å². The minimum Gasteiger partial charge on any atom is -0.458 e. The minimum atomic E-state index is -1.87. The average Bonchev–Trinajstić information content (AvgIpc) is 3.35. The molecule has 0 spiro atoms. The third kappa shape index (κ3) is 4.67. The lowest BCUT2D eigenvalue weighted by atomic mass is 9.81. The standard InChI is InChI=1S/C25H24FN3O4.C2H4O.C2H6.CH3B/c1-4-25(32)15-7-19-22-13(9-29(19)23(30)14(15)10-33-24(25)31)21-17(27-3)6-5-12-11(2)16(26)8-18(28-22)20(12)21;1-2-3;2*1-2/h7-8,17,27,32H,4-6,9-10H2,1-3H3;2H,1H3;1-2H3;1H3. The molecule has 0 bridgehead atoms. The fourth-order valence-electron chi connectivity index (χ4n) is 5.84. The van der Waals surface area contributed by atoms with Crippen LogP contribution in [-0.2, 0) is 39.5 Å². The summed E-state index contributed by atoms with van der Waals surface area (Å²) in [5.74, 6) is -1.04. The lowest BCUT2D eigenvalue weighted by molar-refractivity contribution is -0.172. The predicted octanol–water partition coefficient (Wildman–Crippen LogP) is 4.17. The molecule has 40 heavy (non-hydrogen) atoms. The summed E-state index contributed by atoms with van der Waals surface area (Å²) in [6, 6.07) is 3.22. The highest BCUT2D eigenvalue weighted by Crippen LogP contribution is 2.45. The lowest BCUT2D eigenvalue weighted by Crippen LogP contribution is -2.44. The summed E-state index contributed by atoms with van der Waals surface area (Å²) in [6.45, 7) is 10.6. The summed E-state index contributed by atoms with van der Waals surface area (Å²) in [6.07, 6.45) is 2.41. The molecule has 6 rings (SSSR count). The highest BCUT2D eigenvalue weighted by molar-refractivity contribution is 6.05. The molecule has 2 unspecified atom stereocenters. The van der Waals surface area contributed by atoms with Gasteiger partial charge in [0.25, 0.3) is 5.56 Å². The number of hydrogen-bond acceptors (Lipinski definition) is 7. The van der Waals surface area contributed by atoms with Crippen molar-refractivity contribution in [1.82, 2.24) is 14.9 Å². The number of aryl methyl sites for hydroxylation is 1. The summed E-state index contributed by atoms with van der Waals surface area (Å²) >= 11 is 0. The molecule has 2 N–H and O–H groups in total. The maximum atomic E-state index is 14.8. The number of pyridine rings is 2. The number of nitrogens with zero attached hydrogens (tertiary/aromatic N) is 2. The smallest absolute Gasteiger partial charge is 0.343 e. The number of aromatic nitrogens is 2. The highest BCUT2D eigenvalue weighted by Gasteiger charge is 2.45. The van der Waals surface area contributed by atoms with Crippen LogP contribution in [-0.4, -0.2) is 41.8 Å². The molecular weight excluding hydrogens is 512 g/mol. The van der Waals surface area contributed by atoms with E-state index in [0.717, 1.165) is 41.2 Å². The van der Waals surface area contributed by atoms with Crippen molar-refractivity contribution in [3.05, 3.63) is 61.7 Å². The number of aldehydes is 1. The Hall–Kier alpha value is -3.37. The number of hydrogen-bond donors (Lipinski definition) is 2. The van der Waals surface area contributed by atoms with E-state index in [2.05, 4.69) is 13.2 Å². The number of carbonyl (C=O) groups excluding carboxylic acids is 2. The molecular formula is C30H37BFN3O5. The number of ether oxygens (including phenoxy) is 1. The van der Waals surface area contributed by atoms with E-state index in [1.807, 2.05) is 20.9 Å². The largest absolute Gasteiger partial charge is 0.458 e. The number of carbonyl (C=O) groups is 2. The van der Waals surface area contributed by atoms with Crippen LogP contribution in [0.4, 0.5) is 4.39 Å². The van der Waals surface area contributed by atoms with Gasteiger partial charge in [-0.1, -0.05) is 27.6 Å². The Labute approximate surface area is 235 Å². The number of nitrogens with one attached hydrogen (secondary N) is 1. The second-order valence-corrected chi connectivity index (χ2v) is 9.43. The summed E-state index contributed by atoms with van der Waals surface area (Å²) in [4.78, 5) is 39.5. The minimum absolute atomic E-state index is 0.0544. The van der Waals surface area contributed by atoms with Crippen molar-refractivity contribution in [3.8, 4) is 11.4 Å². The van der Waals surface area contributed by atoms with Crippen molar-refractivity contribution in [2.75, 3.05) is 7.05 Å². The molecule has 0 saturated carbocycles. The van der Waals surface area contributed by atoms with Gasteiger partial charge in [0.15, 0.2) is 5.60 Å². The maximum Gasteiger partial charge on any atom is 0.343 e. The number of aliphatic hydroxyl groups is 1. The van der Waals surface area contributed by atoms with Crippen LogP contribution < -0.4 is 10.9 Å². The lowest BCUT2D eigenvalue weighted by Gasteiger charge is -2.31. The summed E-state index contributed by atoms with van der Waals surface area (Å²) < 4.78 is 21.5. The van der Waals surface area contributed by atoms with E-state index in [4.69, 9.17) is 14.5 Å². The Kier molecular flexibility index (Phi) is 9.69. The van der Waals surface area contributed by atoms with Gasteiger partial charge < -0.3 is 24.5 Å². The molecule has 0 fully saturated rings. The molecule has 1 aromatic carbocycles. The molecule has 3 aliphatic rings. The molecule has 3 aromatic rings. The molecule has 212 valence electrons.